The van der Waals surface area contributed by atoms with Crippen LogP contribution >= 0.6 is 0 Å². The summed E-state index contributed by atoms with van der Waals surface area (Å²) < 4.78 is 2.12. The lowest BCUT2D eigenvalue weighted by molar-refractivity contribution is -0.136. The number of para-hydroxylation sites is 1. The smallest absolute Gasteiger partial charge is 0.225 e. The number of likely N-dealkylation sites (N-methyl/N-ethyl adjacent to an activating group) is 1. The van der Waals surface area contributed by atoms with E-state index in [0.717, 1.165) is 69.9 Å². The Hall–Kier alpha value is -2.34. The lowest BCUT2D eigenvalue weighted by Gasteiger charge is -2.36. The first-order valence-electron chi connectivity index (χ1n) is 13.4. The Balaban J connectivity index is 1.68. The maximum atomic E-state index is 13.6. The molecule has 0 radical (unpaired) electrons. The first kappa shape index (κ1) is 24.8. The lowest BCUT2D eigenvalue weighted by Crippen LogP contribution is -2.47. The van der Waals surface area contributed by atoms with Crippen molar-refractivity contribution in [2.24, 2.45) is 11.8 Å². The molecule has 0 spiro atoms. The van der Waals surface area contributed by atoms with E-state index in [0.29, 0.717) is 18.4 Å². The van der Waals surface area contributed by atoms with E-state index in [9.17, 15) is 4.79 Å². The summed E-state index contributed by atoms with van der Waals surface area (Å²) in [6, 6.07) is 10.4. The fraction of sp³-hybridized carbons (Fsp3) is 0.643. The lowest BCUT2D eigenvalue weighted by atomic mass is 10.0. The summed E-state index contributed by atoms with van der Waals surface area (Å²) in [7, 11) is 0. The molecule has 6 nitrogen and oxygen atoms in total. The molecule has 2 aromatic rings. The molecule has 34 heavy (non-hydrogen) atoms. The largest absolute Gasteiger partial charge is 0.354 e. The van der Waals surface area contributed by atoms with Crippen molar-refractivity contribution in [3.05, 3.63) is 41.6 Å². The number of aryl methyl sites for hydroxylation is 1. The Bertz CT molecular complexity index is 924. The summed E-state index contributed by atoms with van der Waals surface area (Å²) in [5.74, 6) is 2.31. The first-order chi connectivity index (χ1) is 16.5. The average molecular weight is 466 g/mol. The summed E-state index contributed by atoms with van der Waals surface area (Å²) in [6.07, 6.45) is 5.50. The molecule has 1 aromatic carbocycles. The van der Waals surface area contributed by atoms with E-state index in [4.69, 9.17) is 5.10 Å². The van der Waals surface area contributed by atoms with Gasteiger partial charge in [-0.2, -0.15) is 5.10 Å². The van der Waals surface area contributed by atoms with Crippen molar-refractivity contribution in [1.82, 2.24) is 19.6 Å². The number of hydrogen-bond acceptors (Lipinski definition) is 4. The topological polar surface area (TPSA) is 44.6 Å². The second kappa shape index (κ2) is 11.4. The van der Waals surface area contributed by atoms with Crippen LogP contribution < -0.4 is 4.90 Å². The fourth-order valence-electron chi connectivity index (χ4n) is 5.39. The van der Waals surface area contributed by atoms with Crippen molar-refractivity contribution in [1.29, 1.82) is 0 Å². The molecule has 1 amide bonds. The standard InChI is InChI=1S/C28H43N5O/c1-5-30-17-19-31(20-18-30)27-26(23(4)29-33(27)25-13-7-6-8-14-25)21-32(16-15-22(2)3)28(34)24-11-9-10-12-24/h6-8,13-14,22,24H,5,9-12,15-21H2,1-4H3. The molecular weight excluding hydrogens is 422 g/mol. The SMILES string of the molecule is CCN1CCN(c2c(CN(CCC(C)C)C(=O)C3CCCC3)c(C)nn2-c2ccccc2)CC1. The predicted octanol–water partition coefficient (Wildman–Crippen LogP) is 4.89. The van der Waals surface area contributed by atoms with E-state index < -0.39 is 0 Å². The van der Waals surface area contributed by atoms with Crippen molar-refractivity contribution >= 4 is 11.7 Å². The van der Waals surface area contributed by atoms with E-state index in [1.54, 1.807) is 0 Å². The third kappa shape index (κ3) is 5.65. The Morgan fingerprint density at radius 1 is 1.09 bits per heavy atom. The van der Waals surface area contributed by atoms with E-state index in [1.807, 2.05) is 6.07 Å². The van der Waals surface area contributed by atoms with Crippen LogP contribution in [0.1, 0.15) is 64.1 Å². The van der Waals surface area contributed by atoms with Gasteiger partial charge in [-0.15, -0.1) is 0 Å². The van der Waals surface area contributed by atoms with Crippen LogP contribution in [-0.2, 0) is 11.3 Å². The monoisotopic (exact) mass is 465 g/mol. The number of rotatable bonds is 9. The van der Waals surface area contributed by atoms with E-state index in [2.05, 4.69) is 71.3 Å². The minimum absolute atomic E-state index is 0.202. The highest BCUT2D eigenvalue weighted by molar-refractivity contribution is 5.79. The third-order valence-corrected chi connectivity index (χ3v) is 7.62. The number of nitrogens with zero attached hydrogens (tertiary/aromatic N) is 5. The maximum Gasteiger partial charge on any atom is 0.225 e. The quantitative estimate of drug-likeness (QED) is 0.529. The number of aromatic nitrogens is 2. The van der Waals surface area contributed by atoms with Gasteiger partial charge < -0.3 is 14.7 Å². The predicted molar refractivity (Wildman–Crippen MR) is 139 cm³/mol. The van der Waals surface area contributed by atoms with Gasteiger partial charge in [0.15, 0.2) is 0 Å². The van der Waals surface area contributed by atoms with Crippen molar-refractivity contribution in [3.63, 3.8) is 0 Å². The van der Waals surface area contributed by atoms with Gasteiger partial charge in [0, 0.05) is 44.2 Å². The van der Waals surface area contributed by atoms with Crippen LogP contribution in [0.5, 0.6) is 0 Å². The molecule has 0 bridgehead atoms. The fourth-order valence-corrected chi connectivity index (χ4v) is 5.39. The van der Waals surface area contributed by atoms with Gasteiger partial charge >= 0.3 is 0 Å². The molecule has 6 heteroatoms. The molecule has 1 aromatic heterocycles. The highest BCUT2D eigenvalue weighted by Gasteiger charge is 2.31. The van der Waals surface area contributed by atoms with Crippen LogP contribution in [0.3, 0.4) is 0 Å². The summed E-state index contributed by atoms with van der Waals surface area (Å²) >= 11 is 0. The highest BCUT2D eigenvalue weighted by Crippen LogP contribution is 2.32. The number of benzene rings is 1. The van der Waals surface area contributed by atoms with Gasteiger partial charge in [0.05, 0.1) is 17.9 Å². The normalized spacial score (nSPS) is 17.6. The van der Waals surface area contributed by atoms with Crippen molar-refractivity contribution in [2.75, 3.05) is 44.2 Å². The molecule has 0 N–H and O–H groups in total. The van der Waals surface area contributed by atoms with Crippen LogP contribution in [0.25, 0.3) is 5.69 Å². The molecule has 4 rings (SSSR count). The third-order valence-electron chi connectivity index (χ3n) is 7.62. The Kier molecular flexibility index (Phi) is 8.30. The Labute approximate surface area is 205 Å². The minimum Gasteiger partial charge on any atom is -0.354 e. The van der Waals surface area contributed by atoms with Gasteiger partial charge in [0.1, 0.15) is 5.82 Å². The number of carbonyl (C=O) groups excluding carboxylic acids is 1. The summed E-state index contributed by atoms with van der Waals surface area (Å²) in [5.41, 5.74) is 3.33. The zero-order chi connectivity index (χ0) is 24.1. The van der Waals surface area contributed by atoms with Crippen LogP contribution in [0.15, 0.2) is 30.3 Å². The summed E-state index contributed by atoms with van der Waals surface area (Å²) in [6.45, 7) is 15.5. The van der Waals surface area contributed by atoms with Crippen LogP contribution in [-0.4, -0.2) is 64.8 Å². The molecule has 1 saturated carbocycles. The van der Waals surface area contributed by atoms with Gasteiger partial charge in [0.25, 0.3) is 0 Å². The molecule has 0 unspecified atom stereocenters. The number of amides is 1. The van der Waals surface area contributed by atoms with Gasteiger partial charge in [-0.3, -0.25) is 4.79 Å². The molecule has 2 fully saturated rings. The van der Waals surface area contributed by atoms with Crippen molar-refractivity contribution in [3.8, 4) is 5.69 Å². The molecule has 186 valence electrons. The summed E-state index contributed by atoms with van der Waals surface area (Å²) in [4.78, 5) is 20.8. The Morgan fingerprint density at radius 2 is 1.76 bits per heavy atom. The molecule has 1 saturated heterocycles. The zero-order valence-corrected chi connectivity index (χ0v) is 21.7. The number of piperazine rings is 1. The second-order valence-corrected chi connectivity index (χ2v) is 10.5. The molecule has 1 aliphatic heterocycles. The van der Waals surface area contributed by atoms with Crippen LogP contribution in [0.4, 0.5) is 5.82 Å². The van der Waals surface area contributed by atoms with E-state index in [-0.39, 0.29) is 5.92 Å². The molecule has 1 aliphatic carbocycles. The van der Waals surface area contributed by atoms with Crippen molar-refractivity contribution in [2.45, 2.75) is 66.3 Å². The maximum absolute atomic E-state index is 13.6. The summed E-state index contributed by atoms with van der Waals surface area (Å²) in [5, 5.41) is 5.02. The van der Waals surface area contributed by atoms with Crippen molar-refractivity contribution < 1.29 is 4.79 Å². The molecule has 0 atom stereocenters. The molecule has 2 aliphatic rings. The van der Waals surface area contributed by atoms with E-state index in [1.165, 1.54) is 24.2 Å². The van der Waals surface area contributed by atoms with Gasteiger partial charge in [-0.25, -0.2) is 4.68 Å². The average Bonchev–Trinajstić information content (AvgIpc) is 3.50. The van der Waals surface area contributed by atoms with Crippen LogP contribution in [0, 0.1) is 18.8 Å². The molecule has 2 heterocycles. The highest BCUT2D eigenvalue weighted by atomic mass is 16.2. The van der Waals surface area contributed by atoms with Gasteiger partial charge in [-0.05, 0) is 50.8 Å². The number of carbonyl (C=O) groups is 1. The zero-order valence-electron chi connectivity index (χ0n) is 21.7. The van der Waals surface area contributed by atoms with Gasteiger partial charge in [-0.1, -0.05) is 51.8 Å². The van der Waals surface area contributed by atoms with Gasteiger partial charge in [0.2, 0.25) is 5.91 Å². The number of anilines is 1. The minimum atomic E-state index is 0.202. The van der Waals surface area contributed by atoms with Crippen LogP contribution in [0.2, 0.25) is 0 Å². The first-order valence-corrected chi connectivity index (χ1v) is 13.4. The second-order valence-electron chi connectivity index (χ2n) is 10.5. The van der Waals surface area contributed by atoms with E-state index >= 15 is 0 Å². The molecular formula is C28H43N5O. The Morgan fingerprint density at radius 3 is 2.38 bits per heavy atom. The number of hydrogen-bond donors (Lipinski definition) is 0.